The van der Waals surface area contributed by atoms with Gasteiger partial charge in [0.25, 0.3) is 0 Å². The van der Waals surface area contributed by atoms with Gasteiger partial charge in [-0.1, -0.05) is 15.9 Å². The minimum atomic E-state index is 0.443. The molecule has 0 saturated carbocycles. The zero-order valence-corrected chi connectivity index (χ0v) is 12.7. The van der Waals surface area contributed by atoms with Gasteiger partial charge in [-0.3, -0.25) is 0 Å². The van der Waals surface area contributed by atoms with Crippen LogP contribution in [-0.4, -0.2) is 38.1 Å². The average molecular weight is 300 g/mol. The van der Waals surface area contributed by atoms with Crippen LogP contribution in [0.5, 0.6) is 0 Å². The van der Waals surface area contributed by atoms with E-state index in [4.69, 9.17) is 5.73 Å². The smallest absolute Gasteiger partial charge is 0.0603 e. The van der Waals surface area contributed by atoms with E-state index < -0.39 is 0 Å². The lowest BCUT2D eigenvalue weighted by Crippen LogP contribution is -2.40. The van der Waals surface area contributed by atoms with Crippen molar-refractivity contribution in [2.24, 2.45) is 0 Å². The number of benzene rings is 1. The molecule has 1 unspecified atom stereocenters. The van der Waals surface area contributed by atoms with Crippen molar-refractivity contribution in [1.29, 1.82) is 0 Å². The molecular formula is C13H22BrN3. The standard InChI is InChI=1S/C13H22BrN3/c1-5-17(10(2)9-16(3)4)13-7-6-11(14)8-12(13)15/h6-8,10H,5,9,15H2,1-4H3. The van der Waals surface area contributed by atoms with Crippen molar-refractivity contribution in [2.45, 2.75) is 19.9 Å². The fourth-order valence-corrected chi connectivity index (χ4v) is 2.51. The Labute approximate surface area is 113 Å². The van der Waals surface area contributed by atoms with Gasteiger partial charge in [0.05, 0.1) is 11.4 Å². The van der Waals surface area contributed by atoms with E-state index in [1.807, 2.05) is 12.1 Å². The minimum absolute atomic E-state index is 0.443. The molecule has 96 valence electrons. The van der Waals surface area contributed by atoms with Crippen molar-refractivity contribution < 1.29 is 0 Å². The van der Waals surface area contributed by atoms with Crippen molar-refractivity contribution in [3.05, 3.63) is 22.7 Å². The van der Waals surface area contributed by atoms with E-state index in [0.717, 1.165) is 28.9 Å². The summed E-state index contributed by atoms with van der Waals surface area (Å²) in [5.41, 5.74) is 8.02. The van der Waals surface area contributed by atoms with Crippen LogP contribution in [0.2, 0.25) is 0 Å². The summed E-state index contributed by atoms with van der Waals surface area (Å²) >= 11 is 3.44. The van der Waals surface area contributed by atoms with Crippen LogP contribution >= 0.6 is 15.9 Å². The largest absolute Gasteiger partial charge is 0.397 e. The lowest BCUT2D eigenvalue weighted by molar-refractivity contribution is 0.373. The van der Waals surface area contributed by atoms with Gasteiger partial charge in [0.1, 0.15) is 0 Å². The first-order valence-electron chi connectivity index (χ1n) is 5.92. The minimum Gasteiger partial charge on any atom is -0.397 e. The van der Waals surface area contributed by atoms with Gasteiger partial charge in [-0.25, -0.2) is 0 Å². The second-order valence-electron chi connectivity index (χ2n) is 4.60. The Balaban J connectivity index is 2.93. The highest BCUT2D eigenvalue weighted by Gasteiger charge is 2.15. The van der Waals surface area contributed by atoms with Gasteiger partial charge in [-0.05, 0) is 46.1 Å². The first-order valence-corrected chi connectivity index (χ1v) is 6.71. The Hall–Kier alpha value is -0.740. The maximum atomic E-state index is 6.08. The predicted molar refractivity (Wildman–Crippen MR) is 79.6 cm³/mol. The summed E-state index contributed by atoms with van der Waals surface area (Å²) in [6, 6.07) is 6.52. The Morgan fingerprint density at radius 3 is 2.47 bits per heavy atom. The molecule has 0 bridgehead atoms. The molecule has 17 heavy (non-hydrogen) atoms. The highest BCUT2D eigenvalue weighted by atomic mass is 79.9. The average Bonchev–Trinajstić information content (AvgIpc) is 2.21. The SMILES string of the molecule is CCN(c1ccc(Br)cc1N)C(C)CN(C)C. The molecule has 0 heterocycles. The number of hydrogen-bond acceptors (Lipinski definition) is 3. The number of nitrogens with two attached hydrogens (primary N) is 1. The normalized spacial score (nSPS) is 12.8. The Morgan fingerprint density at radius 1 is 1.35 bits per heavy atom. The van der Waals surface area contributed by atoms with Crippen LogP contribution in [0.4, 0.5) is 11.4 Å². The van der Waals surface area contributed by atoms with E-state index in [0.29, 0.717) is 6.04 Å². The molecule has 0 aliphatic carbocycles. The quantitative estimate of drug-likeness (QED) is 0.849. The van der Waals surface area contributed by atoms with Crippen molar-refractivity contribution in [1.82, 2.24) is 4.90 Å². The van der Waals surface area contributed by atoms with Crippen molar-refractivity contribution in [2.75, 3.05) is 37.8 Å². The van der Waals surface area contributed by atoms with E-state index in [9.17, 15) is 0 Å². The highest BCUT2D eigenvalue weighted by Crippen LogP contribution is 2.28. The van der Waals surface area contributed by atoms with E-state index in [1.54, 1.807) is 0 Å². The summed E-state index contributed by atoms with van der Waals surface area (Å²) < 4.78 is 1.02. The van der Waals surface area contributed by atoms with Crippen molar-refractivity contribution >= 4 is 27.3 Å². The number of hydrogen-bond donors (Lipinski definition) is 1. The monoisotopic (exact) mass is 299 g/mol. The van der Waals surface area contributed by atoms with E-state index in [2.05, 4.69) is 59.7 Å². The zero-order chi connectivity index (χ0) is 13.0. The van der Waals surface area contributed by atoms with E-state index in [-0.39, 0.29) is 0 Å². The second-order valence-corrected chi connectivity index (χ2v) is 5.52. The van der Waals surface area contributed by atoms with Crippen LogP contribution in [0.1, 0.15) is 13.8 Å². The second kappa shape index (κ2) is 6.26. The van der Waals surface area contributed by atoms with Gasteiger partial charge in [0.2, 0.25) is 0 Å². The number of nitrogen functional groups attached to an aromatic ring is 1. The predicted octanol–water partition coefficient (Wildman–Crippen LogP) is 2.81. The van der Waals surface area contributed by atoms with Crippen molar-refractivity contribution in [3.8, 4) is 0 Å². The molecule has 1 aromatic carbocycles. The molecule has 3 nitrogen and oxygen atoms in total. The molecule has 2 N–H and O–H groups in total. The Morgan fingerprint density at radius 2 is 2.00 bits per heavy atom. The van der Waals surface area contributed by atoms with E-state index >= 15 is 0 Å². The number of halogens is 1. The summed E-state index contributed by atoms with van der Waals surface area (Å²) in [5.74, 6) is 0. The van der Waals surface area contributed by atoms with Gasteiger partial charge < -0.3 is 15.5 Å². The Kier molecular flexibility index (Phi) is 5.28. The molecule has 0 aliphatic rings. The third-order valence-corrected chi connectivity index (χ3v) is 3.29. The molecule has 1 rings (SSSR count). The van der Waals surface area contributed by atoms with Crippen LogP contribution in [0.25, 0.3) is 0 Å². The van der Waals surface area contributed by atoms with Gasteiger partial charge in [0.15, 0.2) is 0 Å². The van der Waals surface area contributed by atoms with Crippen LogP contribution in [0, 0.1) is 0 Å². The van der Waals surface area contributed by atoms with Crippen LogP contribution in [0.3, 0.4) is 0 Å². The van der Waals surface area contributed by atoms with Gasteiger partial charge in [-0.2, -0.15) is 0 Å². The third kappa shape index (κ3) is 3.89. The first kappa shape index (κ1) is 14.3. The zero-order valence-electron chi connectivity index (χ0n) is 11.1. The third-order valence-electron chi connectivity index (χ3n) is 2.80. The number of likely N-dealkylation sites (N-methyl/N-ethyl adjacent to an activating group) is 2. The molecule has 1 aromatic rings. The molecule has 0 fully saturated rings. The fraction of sp³-hybridized carbons (Fsp3) is 0.538. The Bertz CT molecular complexity index is 366. The molecule has 1 atom stereocenters. The summed E-state index contributed by atoms with van der Waals surface area (Å²) in [4.78, 5) is 4.53. The molecule has 0 aromatic heterocycles. The lowest BCUT2D eigenvalue weighted by atomic mass is 10.2. The maximum Gasteiger partial charge on any atom is 0.0603 e. The van der Waals surface area contributed by atoms with Crippen LogP contribution < -0.4 is 10.6 Å². The fourth-order valence-electron chi connectivity index (χ4n) is 2.13. The number of anilines is 2. The molecule has 0 amide bonds. The summed E-state index contributed by atoms with van der Waals surface area (Å²) in [6.45, 7) is 6.36. The maximum absolute atomic E-state index is 6.08. The van der Waals surface area contributed by atoms with Gasteiger partial charge in [-0.15, -0.1) is 0 Å². The topological polar surface area (TPSA) is 32.5 Å². The van der Waals surface area contributed by atoms with Crippen molar-refractivity contribution in [3.63, 3.8) is 0 Å². The highest BCUT2D eigenvalue weighted by molar-refractivity contribution is 9.10. The van der Waals surface area contributed by atoms with Crippen LogP contribution in [0.15, 0.2) is 22.7 Å². The van der Waals surface area contributed by atoms with E-state index in [1.165, 1.54) is 0 Å². The van der Waals surface area contributed by atoms with Crippen LogP contribution in [-0.2, 0) is 0 Å². The molecule has 0 aliphatic heterocycles. The summed E-state index contributed by atoms with van der Waals surface area (Å²) in [7, 11) is 4.19. The summed E-state index contributed by atoms with van der Waals surface area (Å²) in [5, 5.41) is 0. The molecule has 0 spiro atoms. The van der Waals surface area contributed by atoms with Gasteiger partial charge >= 0.3 is 0 Å². The number of rotatable bonds is 5. The molecule has 0 saturated heterocycles. The molecular weight excluding hydrogens is 278 g/mol. The lowest BCUT2D eigenvalue weighted by Gasteiger charge is -2.33. The molecule has 4 heteroatoms. The number of nitrogens with zero attached hydrogens (tertiary/aromatic N) is 2. The molecule has 0 radical (unpaired) electrons. The first-order chi connectivity index (χ1) is 7.95. The summed E-state index contributed by atoms with van der Waals surface area (Å²) in [6.07, 6.45) is 0. The van der Waals surface area contributed by atoms with Gasteiger partial charge in [0, 0.05) is 23.6 Å².